The highest BCUT2D eigenvalue weighted by molar-refractivity contribution is 14.1. The van der Waals surface area contributed by atoms with E-state index in [9.17, 15) is 9.59 Å². The summed E-state index contributed by atoms with van der Waals surface area (Å²) in [5.74, 6) is 4.35. The van der Waals surface area contributed by atoms with Gasteiger partial charge in [0.2, 0.25) is 0 Å². The van der Waals surface area contributed by atoms with Gasteiger partial charge in [-0.05, 0) is 0 Å². The number of nitrogens with two attached hydrogens (primary N) is 1. The van der Waals surface area contributed by atoms with Crippen LogP contribution in [-0.2, 0) is 4.84 Å². The van der Waals surface area contributed by atoms with Crippen molar-refractivity contribution in [1.82, 2.24) is 5.32 Å². The molecule has 6 heteroatoms. The van der Waals surface area contributed by atoms with Gasteiger partial charge in [0.15, 0.2) is 0 Å². The fourth-order valence-electron chi connectivity index (χ4n) is 0.110. The molecule has 0 saturated carbocycles. The molecule has 0 spiro atoms. The van der Waals surface area contributed by atoms with Crippen LogP contribution in [0.4, 0.5) is 9.59 Å². The van der Waals surface area contributed by atoms with E-state index in [-0.39, 0.29) is 0 Å². The van der Waals surface area contributed by atoms with E-state index in [2.05, 4.69) is 10.7 Å². The largest absolute Gasteiger partial charge is 0.433 e. The molecule has 0 aliphatic carbocycles. The van der Waals surface area contributed by atoms with E-state index in [1.54, 1.807) is 5.32 Å². The SMILES string of the molecule is NOC(=O)NC(=O)I. The summed E-state index contributed by atoms with van der Waals surface area (Å²) in [6.45, 7) is 0. The smallest absolute Gasteiger partial charge is 0.356 e. The fourth-order valence-corrected chi connectivity index (χ4v) is 0.330. The number of rotatable bonds is 0. The highest BCUT2D eigenvalue weighted by atomic mass is 127. The third kappa shape index (κ3) is 3.81. The number of hydrogen-bond donors (Lipinski definition) is 2. The Labute approximate surface area is 58.6 Å². The van der Waals surface area contributed by atoms with Gasteiger partial charge in [0, 0.05) is 22.6 Å². The minimum Gasteiger partial charge on any atom is -0.356 e. The van der Waals surface area contributed by atoms with Crippen LogP contribution in [0.15, 0.2) is 0 Å². The average molecular weight is 230 g/mol. The van der Waals surface area contributed by atoms with Gasteiger partial charge in [0.25, 0.3) is 3.91 Å². The van der Waals surface area contributed by atoms with Crippen molar-refractivity contribution < 1.29 is 14.4 Å². The third-order valence-corrected chi connectivity index (χ3v) is 0.577. The number of halogens is 1. The van der Waals surface area contributed by atoms with Crippen molar-refractivity contribution in [3.05, 3.63) is 0 Å². The van der Waals surface area contributed by atoms with Gasteiger partial charge >= 0.3 is 6.09 Å². The molecule has 0 radical (unpaired) electrons. The van der Waals surface area contributed by atoms with Crippen LogP contribution < -0.4 is 11.2 Å². The minimum atomic E-state index is -0.954. The standard InChI is InChI=1S/C2H3IN2O3/c3-1(6)5-2(7)8-4/h4H2,(H,5,6,7). The maximum absolute atomic E-state index is 9.94. The Balaban J connectivity index is 3.40. The van der Waals surface area contributed by atoms with Gasteiger partial charge < -0.3 is 4.84 Å². The van der Waals surface area contributed by atoms with Crippen LogP contribution in [0.3, 0.4) is 0 Å². The molecule has 3 N–H and O–H groups in total. The first kappa shape index (κ1) is 7.63. The van der Waals surface area contributed by atoms with E-state index in [0.717, 1.165) is 0 Å². The highest BCUT2D eigenvalue weighted by Gasteiger charge is 2.00. The summed E-state index contributed by atoms with van der Waals surface area (Å²) in [7, 11) is 0. The molecule has 0 bridgehead atoms. The Bertz CT molecular complexity index is 114. The number of amides is 2. The number of carbonyl (C=O) groups excluding carboxylic acids is 2. The van der Waals surface area contributed by atoms with Gasteiger partial charge in [-0.3, -0.25) is 10.1 Å². The summed E-state index contributed by atoms with van der Waals surface area (Å²) in [6, 6.07) is 0. The Kier molecular flexibility index (Phi) is 3.44. The Hall–Kier alpha value is -0.370. The Morgan fingerprint density at radius 3 is 2.25 bits per heavy atom. The molecule has 0 atom stereocenters. The van der Waals surface area contributed by atoms with Crippen molar-refractivity contribution in [2.45, 2.75) is 0 Å². The van der Waals surface area contributed by atoms with Crippen molar-refractivity contribution in [3.8, 4) is 0 Å². The van der Waals surface area contributed by atoms with Crippen LogP contribution in [0.5, 0.6) is 0 Å². The lowest BCUT2D eigenvalue weighted by molar-refractivity contribution is 0.151. The van der Waals surface area contributed by atoms with E-state index in [4.69, 9.17) is 0 Å². The third-order valence-electron chi connectivity index (χ3n) is 0.307. The summed E-state index contributed by atoms with van der Waals surface area (Å²) in [5.41, 5.74) is 0. The van der Waals surface area contributed by atoms with Crippen LogP contribution in [-0.4, -0.2) is 10.0 Å². The van der Waals surface area contributed by atoms with Crippen LogP contribution in [0.25, 0.3) is 0 Å². The molecule has 0 aromatic rings. The molecule has 0 aromatic heterocycles. The monoisotopic (exact) mass is 230 g/mol. The molecule has 0 saturated heterocycles. The van der Waals surface area contributed by atoms with Crippen molar-refractivity contribution in [2.75, 3.05) is 0 Å². The first-order valence-electron chi connectivity index (χ1n) is 1.54. The van der Waals surface area contributed by atoms with Crippen LogP contribution in [0, 0.1) is 0 Å². The zero-order valence-corrected chi connectivity index (χ0v) is 5.84. The zero-order chi connectivity index (χ0) is 6.57. The summed E-state index contributed by atoms with van der Waals surface area (Å²) in [5, 5.41) is 1.75. The first-order valence-corrected chi connectivity index (χ1v) is 2.62. The molecular formula is C2H3IN2O3. The quantitative estimate of drug-likeness (QED) is 0.268. The van der Waals surface area contributed by atoms with Crippen LogP contribution in [0.2, 0.25) is 0 Å². The zero-order valence-electron chi connectivity index (χ0n) is 3.68. The Morgan fingerprint density at radius 1 is 1.62 bits per heavy atom. The number of carbonyl (C=O) groups is 2. The normalized spacial score (nSPS) is 7.75. The maximum Gasteiger partial charge on any atom is 0.433 e. The molecule has 0 aromatic carbocycles. The Morgan fingerprint density at radius 2 is 2.12 bits per heavy atom. The van der Waals surface area contributed by atoms with Crippen molar-refractivity contribution in [1.29, 1.82) is 0 Å². The van der Waals surface area contributed by atoms with E-state index in [1.807, 2.05) is 0 Å². The number of nitrogens with one attached hydrogen (secondary N) is 1. The van der Waals surface area contributed by atoms with Gasteiger partial charge in [-0.15, -0.1) is 0 Å². The molecule has 0 unspecified atom stereocenters. The van der Waals surface area contributed by atoms with E-state index in [0.29, 0.717) is 0 Å². The highest BCUT2D eigenvalue weighted by Crippen LogP contribution is 1.82. The molecule has 0 aliphatic rings. The predicted molar refractivity (Wildman–Crippen MR) is 33.2 cm³/mol. The van der Waals surface area contributed by atoms with Gasteiger partial charge in [0.1, 0.15) is 0 Å². The van der Waals surface area contributed by atoms with Gasteiger partial charge in [0.05, 0.1) is 0 Å². The summed E-state index contributed by atoms with van der Waals surface area (Å²) in [6.07, 6.45) is -0.954. The summed E-state index contributed by atoms with van der Waals surface area (Å²) >= 11 is 1.37. The number of imide groups is 1. The van der Waals surface area contributed by atoms with Crippen molar-refractivity contribution in [2.24, 2.45) is 5.90 Å². The maximum atomic E-state index is 9.94. The number of hydrogen-bond acceptors (Lipinski definition) is 4. The lowest BCUT2D eigenvalue weighted by Crippen LogP contribution is -2.28. The summed E-state index contributed by atoms with van der Waals surface area (Å²) < 4.78 is -0.530. The molecule has 46 valence electrons. The molecule has 0 rings (SSSR count). The second kappa shape index (κ2) is 3.61. The molecule has 5 nitrogen and oxygen atoms in total. The second-order valence-electron chi connectivity index (χ2n) is 0.804. The van der Waals surface area contributed by atoms with Crippen molar-refractivity contribution in [3.63, 3.8) is 0 Å². The summed E-state index contributed by atoms with van der Waals surface area (Å²) in [4.78, 5) is 23.5. The molecule has 8 heavy (non-hydrogen) atoms. The van der Waals surface area contributed by atoms with Crippen LogP contribution >= 0.6 is 22.6 Å². The van der Waals surface area contributed by atoms with E-state index in [1.165, 1.54) is 22.6 Å². The predicted octanol–water partition coefficient (Wildman–Crippen LogP) is 0.141. The van der Waals surface area contributed by atoms with E-state index < -0.39 is 10.0 Å². The van der Waals surface area contributed by atoms with Gasteiger partial charge in [-0.25, -0.2) is 4.79 Å². The second-order valence-corrected chi connectivity index (χ2v) is 1.78. The lowest BCUT2D eigenvalue weighted by Gasteiger charge is -1.92. The lowest BCUT2D eigenvalue weighted by atomic mass is 11.1. The van der Waals surface area contributed by atoms with E-state index >= 15 is 0 Å². The van der Waals surface area contributed by atoms with Gasteiger partial charge in [-0.1, -0.05) is 0 Å². The topological polar surface area (TPSA) is 81.4 Å². The molecule has 2 amide bonds. The first-order chi connectivity index (χ1) is 3.66. The van der Waals surface area contributed by atoms with Crippen LogP contribution in [0.1, 0.15) is 0 Å². The average Bonchev–Trinajstić information content (AvgIpc) is 1.65. The van der Waals surface area contributed by atoms with Gasteiger partial charge in [-0.2, -0.15) is 5.90 Å². The minimum absolute atomic E-state index is 0.530. The molecule has 0 aliphatic heterocycles. The fraction of sp³-hybridized carbons (Fsp3) is 0. The molecule has 0 heterocycles. The molecular weight excluding hydrogens is 227 g/mol. The molecule has 0 fully saturated rings. The van der Waals surface area contributed by atoms with Crippen molar-refractivity contribution >= 4 is 32.6 Å².